The minimum atomic E-state index is -0.0117. The molecule has 146 valence electrons. The van der Waals surface area contributed by atoms with Crippen LogP contribution in [-0.2, 0) is 0 Å². The maximum absolute atomic E-state index is 12.7. The Morgan fingerprint density at radius 3 is 2.85 bits per heavy atom. The van der Waals surface area contributed by atoms with E-state index < -0.39 is 0 Å². The molecule has 7 heteroatoms. The number of aryl methyl sites for hydroxylation is 1. The van der Waals surface area contributed by atoms with E-state index in [-0.39, 0.29) is 18.3 Å². The van der Waals surface area contributed by atoms with Gasteiger partial charge in [-0.15, -0.1) is 12.4 Å². The van der Waals surface area contributed by atoms with E-state index in [0.717, 1.165) is 60.9 Å². The standard InChI is InChI=1S/C20H25ClN4O.ClH/c1-13-2-5-16(10-18(13)21)25-19(15-3-4-15)17(12-24-25)20(26)23-9-7-14-6-8-22-11-14;/h2,5,10,12,14-15,22H,3-4,6-9,11H2,1H3,(H,23,26);1H. The van der Waals surface area contributed by atoms with Gasteiger partial charge in [-0.05, 0) is 69.3 Å². The zero-order chi connectivity index (χ0) is 18.1. The monoisotopic (exact) mass is 408 g/mol. The van der Waals surface area contributed by atoms with Crippen molar-refractivity contribution in [1.29, 1.82) is 0 Å². The molecule has 2 N–H and O–H groups in total. The van der Waals surface area contributed by atoms with Crippen molar-refractivity contribution in [2.75, 3.05) is 19.6 Å². The predicted octanol–water partition coefficient (Wildman–Crippen LogP) is 3.86. The van der Waals surface area contributed by atoms with E-state index in [1.165, 1.54) is 6.42 Å². The molecule has 27 heavy (non-hydrogen) atoms. The number of carbonyl (C=O) groups excluding carboxylic acids is 1. The first-order valence-electron chi connectivity index (χ1n) is 9.47. The second-order valence-electron chi connectivity index (χ2n) is 7.47. The van der Waals surface area contributed by atoms with Gasteiger partial charge in [0.2, 0.25) is 0 Å². The lowest BCUT2D eigenvalue weighted by molar-refractivity contribution is 0.0950. The Morgan fingerprint density at radius 1 is 1.37 bits per heavy atom. The quantitative estimate of drug-likeness (QED) is 0.762. The molecular weight excluding hydrogens is 383 g/mol. The molecule has 5 nitrogen and oxygen atoms in total. The number of nitrogens with one attached hydrogen (secondary N) is 2. The van der Waals surface area contributed by atoms with Crippen molar-refractivity contribution in [3.05, 3.63) is 46.2 Å². The fourth-order valence-corrected chi connectivity index (χ4v) is 3.82. The third kappa shape index (κ3) is 4.48. The van der Waals surface area contributed by atoms with Gasteiger partial charge in [-0.3, -0.25) is 4.79 Å². The Balaban J connectivity index is 0.00000210. The molecule has 1 aliphatic heterocycles. The molecule has 1 aliphatic carbocycles. The summed E-state index contributed by atoms with van der Waals surface area (Å²) in [5.41, 5.74) is 3.67. The van der Waals surface area contributed by atoms with Crippen LogP contribution in [0, 0.1) is 12.8 Å². The van der Waals surface area contributed by atoms with E-state index in [0.29, 0.717) is 17.4 Å². The number of amides is 1. The number of nitrogens with zero attached hydrogens (tertiary/aromatic N) is 2. The maximum Gasteiger partial charge on any atom is 0.254 e. The van der Waals surface area contributed by atoms with Crippen LogP contribution in [0.2, 0.25) is 5.02 Å². The van der Waals surface area contributed by atoms with E-state index >= 15 is 0 Å². The van der Waals surface area contributed by atoms with E-state index in [1.54, 1.807) is 6.20 Å². The molecule has 1 amide bonds. The number of carbonyl (C=O) groups is 1. The van der Waals surface area contributed by atoms with Gasteiger partial charge in [0, 0.05) is 17.5 Å². The Hall–Kier alpha value is -1.56. The molecule has 2 aliphatic rings. The molecule has 4 rings (SSSR count). The van der Waals surface area contributed by atoms with E-state index in [4.69, 9.17) is 11.6 Å². The summed E-state index contributed by atoms with van der Waals surface area (Å²) >= 11 is 6.29. The molecule has 0 spiro atoms. The van der Waals surface area contributed by atoms with E-state index in [2.05, 4.69) is 15.7 Å². The molecule has 2 aromatic rings. The molecule has 0 bridgehead atoms. The van der Waals surface area contributed by atoms with Gasteiger partial charge in [0.05, 0.1) is 23.1 Å². The summed E-state index contributed by atoms with van der Waals surface area (Å²) in [4.78, 5) is 12.7. The number of rotatable bonds is 6. The summed E-state index contributed by atoms with van der Waals surface area (Å²) in [5.74, 6) is 1.08. The Labute approximate surface area is 171 Å². The smallest absolute Gasteiger partial charge is 0.254 e. The van der Waals surface area contributed by atoms with E-state index in [9.17, 15) is 4.79 Å². The molecule has 2 heterocycles. The summed E-state index contributed by atoms with van der Waals surface area (Å²) < 4.78 is 1.89. The van der Waals surface area contributed by atoms with Gasteiger partial charge in [-0.25, -0.2) is 4.68 Å². The zero-order valence-corrected chi connectivity index (χ0v) is 17.1. The maximum atomic E-state index is 12.7. The van der Waals surface area contributed by atoms with Crippen molar-refractivity contribution in [3.8, 4) is 5.69 Å². The van der Waals surface area contributed by atoms with Gasteiger partial charge in [0.25, 0.3) is 5.91 Å². The Kier molecular flexibility index (Phi) is 6.45. The lowest BCUT2D eigenvalue weighted by Crippen LogP contribution is -2.27. The summed E-state index contributed by atoms with van der Waals surface area (Å²) in [6, 6.07) is 5.92. The highest BCUT2D eigenvalue weighted by Gasteiger charge is 2.33. The van der Waals surface area contributed by atoms with Crippen molar-refractivity contribution >= 4 is 29.9 Å². The highest BCUT2D eigenvalue weighted by atomic mass is 35.5. The van der Waals surface area contributed by atoms with Gasteiger partial charge >= 0.3 is 0 Å². The predicted molar refractivity (Wildman–Crippen MR) is 110 cm³/mol. The SMILES string of the molecule is Cc1ccc(-n2ncc(C(=O)NCCC3CCNC3)c2C2CC2)cc1Cl.Cl. The van der Waals surface area contributed by atoms with Crippen LogP contribution in [0.3, 0.4) is 0 Å². The summed E-state index contributed by atoms with van der Waals surface area (Å²) in [6.45, 7) is 4.86. The number of hydrogen-bond donors (Lipinski definition) is 2. The molecule has 1 saturated heterocycles. The highest BCUT2D eigenvalue weighted by Crippen LogP contribution is 2.42. The summed E-state index contributed by atoms with van der Waals surface area (Å²) in [5, 5.41) is 11.7. The molecule has 2 fully saturated rings. The number of halogens is 2. The average molecular weight is 409 g/mol. The first-order valence-corrected chi connectivity index (χ1v) is 9.84. The van der Waals surface area contributed by atoms with Crippen LogP contribution in [0.15, 0.2) is 24.4 Å². The molecule has 0 radical (unpaired) electrons. The number of hydrogen-bond acceptors (Lipinski definition) is 3. The second kappa shape index (κ2) is 8.63. The van der Waals surface area contributed by atoms with Crippen LogP contribution in [-0.4, -0.2) is 35.3 Å². The van der Waals surface area contributed by atoms with Crippen LogP contribution < -0.4 is 10.6 Å². The molecule has 1 saturated carbocycles. The topological polar surface area (TPSA) is 59.0 Å². The van der Waals surface area contributed by atoms with Crippen LogP contribution >= 0.6 is 24.0 Å². The summed E-state index contributed by atoms with van der Waals surface area (Å²) in [7, 11) is 0. The number of aromatic nitrogens is 2. The number of benzene rings is 1. The van der Waals surface area contributed by atoms with Crippen LogP contribution in [0.5, 0.6) is 0 Å². The van der Waals surface area contributed by atoms with Crippen molar-refractivity contribution in [2.24, 2.45) is 5.92 Å². The zero-order valence-electron chi connectivity index (χ0n) is 15.5. The van der Waals surface area contributed by atoms with Crippen LogP contribution in [0.25, 0.3) is 5.69 Å². The Morgan fingerprint density at radius 2 is 2.19 bits per heavy atom. The van der Waals surface area contributed by atoms with Gasteiger partial charge in [-0.2, -0.15) is 5.10 Å². The Bertz CT molecular complexity index is 810. The molecule has 1 aromatic heterocycles. The summed E-state index contributed by atoms with van der Waals surface area (Å²) in [6.07, 6.45) is 6.15. The van der Waals surface area contributed by atoms with Gasteiger partial charge in [0.1, 0.15) is 0 Å². The first kappa shape index (κ1) is 20.2. The largest absolute Gasteiger partial charge is 0.352 e. The fourth-order valence-electron chi connectivity index (χ4n) is 3.65. The van der Waals surface area contributed by atoms with Gasteiger partial charge in [-0.1, -0.05) is 17.7 Å². The van der Waals surface area contributed by atoms with Crippen molar-refractivity contribution < 1.29 is 4.79 Å². The minimum absolute atomic E-state index is 0. The minimum Gasteiger partial charge on any atom is -0.352 e. The normalized spacial score (nSPS) is 19.0. The highest BCUT2D eigenvalue weighted by molar-refractivity contribution is 6.31. The van der Waals surface area contributed by atoms with Crippen LogP contribution in [0.1, 0.15) is 53.2 Å². The first-order chi connectivity index (χ1) is 12.6. The lowest BCUT2D eigenvalue weighted by atomic mass is 10.1. The van der Waals surface area contributed by atoms with Crippen LogP contribution in [0.4, 0.5) is 0 Å². The molecular formula is C20H26Cl2N4O. The van der Waals surface area contributed by atoms with E-state index in [1.807, 2.05) is 29.8 Å². The lowest BCUT2D eigenvalue weighted by Gasteiger charge is -2.11. The second-order valence-corrected chi connectivity index (χ2v) is 7.87. The molecule has 1 unspecified atom stereocenters. The van der Waals surface area contributed by atoms with Gasteiger partial charge in [0.15, 0.2) is 0 Å². The molecule has 1 aromatic carbocycles. The third-order valence-electron chi connectivity index (χ3n) is 5.42. The molecule has 1 atom stereocenters. The average Bonchev–Trinajstić information content (AvgIpc) is 3.16. The third-order valence-corrected chi connectivity index (χ3v) is 5.82. The fraction of sp³-hybridized carbons (Fsp3) is 0.500. The van der Waals surface area contributed by atoms with Crippen molar-refractivity contribution in [2.45, 2.75) is 38.5 Å². The van der Waals surface area contributed by atoms with Crippen molar-refractivity contribution in [1.82, 2.24) is 20.4 Å². The van der Waals surface area contributed by atoms with Gasteiger partial charge < -0.3 is 10.6 Å². The van der Waals surface area contributed by atoms with Crippen molar-refractivity contribution in [3.63, 3.8) is 0 Å².